The van der Waals surface area contributed by atoms with E-state index in [1.807, 2.05) is 24.3 Å². The van der Waals surface area contributed by atoms with Crippen LogP contribution in [0.1, 0.15) is 30.2 Å². The van der Waals surface area contributed by atoms with Gasteiger partial charge in [0, 0.05) is 10.0 Å². The number of hydrogen-bond donors (Lipinski definition) is 2. The molecule has 3 N–H and O–H groups in total. The average molecular weight is 370 g/mol. The van der Waals surface area contributed by atoms with Crippen molar-refractivity contribution in [3.05, 3.63) is 34.4 Å². The van der Waals surface area contributed by atoms with Gasteiger partial charge in [-0.25, -0.2) is 8.42 Å². The van der Waals surface area contributed by atoms with Crippen molar-refractivity contribution in [2.45, 2.75) is 24.5 Å². The largest absolute Gasteiger partial charge is 0.382 e. The number of rotatable bonds is 2. The van der Waals surface area contributed by atoms with Crippen molar-refractivity contribution in [2.75, 3.05) is 11.5 Å². The maximum Gasteiger partial charge on any atom is 0.158 e. The van der Waals surface area contributed by atoms with E-state index in [2.05, 4.69) is 26.1 Å². The van der Waals surface area contributed by atoms with Crippen molar-refractivity contribution in [3.8, 4) is 11.1 Å². The lowest BCUT2D eigenvalue weighted by Gasteiger charge is -2.22. The van der Waals surface area contributed by atoms with E-state index in [0.717, 1.165) is 22.9 Å². The molecule has 0 radical (unpaired) electrons. The summed E-state index contributed by atoms with van der Waals surface area (Å²) in [4.78, 5) is 0. The van der Waals surface area contributed by atoms with Crippen LogP contribution in [0.5, 0.6) is 0 Å². The second-order valence-corrected chi connectivity index (χ2v) is 8.48. The fraction of sp³-hybridized carbons (Fsp3) is 0.357. The number of hydrogen-bond acceptors (Lipinski definition) is 4. The van der Waals surface area contributed by atoms with Gasteiger partial charge in [0.2, 0.25) is 0 Å². The third kappa shape index (κ3) is 2.72. The summed E-state index contributed by atoms with van der Waals surface area (Å²) in [5.41, 5.74) is 8.15. The molecule has 0 saturated carbocycles. The normalized spacial score (nSPS) is 21.3. The van der Waals surface area contributed by atoms with Gasteiger partial charge in [-0.2, -0.15) is 5.10 Å². The molecule has 7 heteroatoms. The lowest BCUT2D eigenvalue weighted by atomic mass is 10.0. The van der Waals surface area contributed by atoms with Gasteiger partial charge in [-0.1, -0.05) is 34.5 Å². The molecule has 1 saturated heterocycles. The van der Waals surface area contributed by atoms with Crippen molar-refractivity contribution in [1.82, 2.24) is 10.2 Å². The predicted octanol–water partition coefficient (Wildman–Crippen LogP) is 3.06. The number of benzene rings is 1. The topological polar surface area (TPSA) is 88.8 Å². The molecule has 1 aliphatic heterocycles. The maximum absolute atomic E-state index is 12.3. The second kappa shape index (κ2) is 5.46. The van der Waals surface area contributed by atoms with Crippen LogP contribution in [-0.2, 0) is 9.84 Å². The summed E-state index contributed by atoms with van der Waals surface area (Å²) in [6.07, 6.45) is 2.25. The highest BCUT2D eigenvalue weighted by Crippen LogP contribution is 2.40. The number of nitrogens with zero attached hydrogens (tertiary/aromatic N) is 1. The lowest BCUT2D eigenvalue weighted by Crippen LogP contribution is -2.22. The molecule has 0 aliphatic carbocycles. The minimum atomic E-state index is -3.14. The predicted molar refractivity (Wildman–Crippen MR) is 86.5 cm³/mol. The number of nitrogens with one attached hydrogen (secondary N) is 1. The highest BCUT2D eigenvalue weighted by atomic mass is 79.9. The quantitative estimate of drug-likeness (QED) is 0.850. The first-order valence-corrected chi connectivity index (χ1v) is 9.31. The van der Waals surface area contributed by atoms with Gasteiger partial charge in [0.15, 0.2) is 15.7 Å². The zero-order chi connectivity index (χ0) is 15.0. The van der Waals surface area contributed by atoms with Crippen LogP contribution < -0.4 is 5.73 Å². The summed E-state index contributed by atoms with van der Waals surface area (Å²) in [5, 5.41) is 6.35. The average Bonchev–Trinajstić information content (AvgIpc) is 2.80. The van der Waals surface area contributed by atoms with Crippen LogP contribution >= 0.6 is 15.9 Å². The Morgan fingerprint density at radius 2 is 2.14 bits per heavy atom. The van der Waals surface area contributed by atoms with Crippen molar-refractivity contribution < 1.29 is 8.42 Å². The van der Waals surface area contributed by atoms with Gasteiger partial charge in [0.1, 0.15) is 5.25 Å². The standard InChI is InChI=1S/C14H16BrN3O2S/c15-10-5-3-4-9(8-10)12-13(17-18-14(12)16)11-6-1-2-7-21(11,19)20/h3-5,8,11H,1-2,6-7H2,(H3,16,17,18). The van der Waals surface area contributed by atoms with Crippen molar-refractivity contribution in [1.29, 1.82) is 0 Å². The fourth-order valence-corrected chi connectivity index (χ4v) is 5.17. The number of aromatic amines is 1. The highest BCUT2D eigenvalue weighted by Gasteiger charge is 2.34. The van der Waals surface area contributed by atoms with E-state index < -0.39 is 15.1 Å². The molecule has 1 atom stereocenters. The van der Waals surface area contributed by atoms with E-state index in [-0.39, 0.29) is 5.75 Å². The third-order valence-corrected chi connectivity index (χ3v) is 6.53. The molecular formula is C14H16BrN3O2S. The Labute approximate surface area is 132 Å². The number of nitrogens with two attached hydrogens (primary N) is 1. The Bertz CT molecular complexity index is 770. The summed E-state index contributed by atoms with van der Waals surface area (Å²) in [7, 11) is -3.14. The number of sulfone groups is 1. The van der Waals surface area contributed by atoms with E-state index in [9.17, 15) is 8.42 Å². The molecule has 21 heavy (non-hydrogen) atoms. The van der Waals surface area contributed by atoms with Gasteiger partial charge < -0.3 is 5.73 Å². The van der Waals surface area contributed by atoms with Gasteiger partial charge in [-0.15, -0.1) is 0 Å². The second-order valence-electron chi connectivity index (χ2n) is 5.26. The van der Waals surface area contributed by atoms with Crippen molar-refractivity contribution in [3.63, 3.8) is 0 Å². The molecule has 0 amide bonds. The van der Waals surface area contributed by atoms with Crippen LogP contribution in [0.15, 0.2) is 28.7 Å². The molecule has 2 heterocycles. The fourth-order valence-electron chi connectivity index (χ4n) is 2.83. The molecule has 1 aliphatic rings. The monoisotopic (exact) mass is 369 g/mol. The minimum Gasteiger partial charge on any atom is -0.382 e. The van der Waals surface area contributed by atoms with Crippen LogP contribution in [0.2, 0.25) is 0 Å². The van der Waals surface area contributed by atoms with E-state index in [1.54, 1.807) is 0 Å². The van der Waals surface area contributed by atoms with Crippen LogP contribution in [-0.4, -0.2) is 24.4 Å². The molecular weight excluding hydrogens is 354 g/mol. The molecule has 1 fully saturated rings. The number of anilines is 1. The molecule has 2 aromatic rings. The first-order valence-electron chi connectivity index (χ1n) is 6.80. The lowest BCUT2D eigenvalue weighted by molar-refractivity contribution is 0.542. The molecule has 5 nitrogen and oxygen atoms in total. The third-order valence-electron chi connectivity index (χ3n) is 3.84. The molecule has 1 aromatic carbocycles. The van der Waals surface area contributed by atoms with Gasteiger partial charge in [-0.3, -0.25) is 5.10 Å². The van der Waals surface area contributed by atoms with Gasteiger partial charge >= 0.3 is 0 Å². The van der Waals surface area contributed by atoms with Crippen LogP contribution in [0.3, 0.4) is 0 Å². The highest BCUT2D eigenvalue weighted by molar-refractivity contribution is 9.10. The first-order chi connectivity index (χ1) is 9.99. The van der Waals surface area contributed by atoms with Crippen molar-refractivity contribution >= 4 is 31.6 Å². The van der Waals surface area contributed by atoms with E-state index in [1.165, 1.54) is 0 Å². The smallest absolute Gasteiger partial charge is 0.158 e. The van der Waals surface area contributed by atoms with Crippen molar-refractivity contribution in [2.24, 2.45) is 0 Å². The molecule has 3 rings (SSSR count). The molecule has 1 unspecified atom stereocenters. The van der Waals surface area contributed by atoms with Gasteiger partial charge in [-0.05, 0) is 30.5 Å². The SMILES string of the molecule is Nc1n[nH]c(C2CCCCS2(=O)=O)c1-c1cccc(Br)c1. The molecule has 112 valence electrons. The summed E-state index contributed by atoms with van der Waals surface area (Å²) in [6, 6.07) is 7.63. The Hall–Kier alpha value is -1.34. The molecule has 1 aromatic heterocycles. The molecule has 0 spiro atoms. The first kappa shape index (κ1) is 14.6. The van der Waals surface area contributed by atoms with Crippen LogP contribution in [0, 0.1) is 0 Å². The summed E-state index contributed by atoms with van der Waals surface area (Å²) in [5.74, 6) is 0.568. The van der Waals surface area contributed by atoms with Gasteiger partial charge in [0.05, 0.1) is 11.4 Å². The number of H-pyrrole nitrogens is 1. The zero-order valence-electron chi connectivity index (χ0n) is 11.3. The summed E-state index contributed by atoms with van der Waals surface area (Å²) < 4.78 is 25.6. The molecule has 0 bridgehead atoms. The van der Waals surface area contributed by atoms with Crippen LogP contribution in [0.4, 0.5) is 5.82 Å². The number of aromatic nitrogens is 2. The van der Waals surface area contributed by atoms with Gasteiger partial charge in [0.25, 0.3) is 0 Å². The number of nitrogen functional groups attached to an aromatic ring is 1. The Morgan fingerprint density at radius 3 is 2.86 bits per heavy atom. The summed E-state index contributed by atoms with van der Waals surface area (Å²) in [6.45, 7) is 0. The Balaban J connectivity index is 2.13. The Morgan fingerprint density at radius 1 is 1.33 bits per heavy atom. The Kier molecular flexibility index (Phi) is 3.79. The number of halogens is 1. The van der Waals surface area contributed by atoms with E-state index >= 15 is 0 Å². The zero-order valence-corrected chi connectivity index (χ0v) is 13.7. The summed E-state index contributed by atoms with van der Waals surface area (Å²) >= 11 is 3.43. The van der Waals surface area contributed by atoms with E-state index in [0.29, 0.717) is 23.5 Å². The minimum absolute atomic E-state index is 0.231. The van der Waals surface area contributed by atoms with E-state index in [4.69, 9.17) is 5.73 Å². The maximum atomic E-state index is 12.3. The van der Waals surface area contributed by atoms with Crippen LogP contribution in [0.25, 0.3) is 11.1 Å².